The number of hydrogen-bond acceptors (Lipinski definition) is 3. The largest absolute Gasteiger partial charge is 0.334 e. The van der Waals surface area contributed by atoms with Gasteiger partial charge in [-0.1, -0.05) is 12.1 Å². The Morgan fingerprint density at radius 2 is 2.00 bits per heavy atom. The number of nitrogens with one attached hydrogen (secondary N) is 3. The highest BCUT2D eigenvalue weighted by Gasteiger charge is 2.07. The SMILES string of the molecule is O=C(NCc1cccc(F)c1)Nc1cc(-c2ccncc2)[nH]n1. The van der Waals surface area contributed by atoms with Gasteiger partial charge in [0.2, 0.25) is 0 Å². The Bertz CT molecular complexity index is 803. The molecule has 116 valence electrons. The second-order valence-corrected chi connectivity index (χ2v) is 4.84. The van der Waals surface area contributed by atoms with Crippen molar-refractivity contribution in [2.45, 2.75) is 6.54 Å². The number of pyridine rings is 1. The van der Waals surface area contributed by atoms with E-state index in [-0.39, 0.29) is 12.4 Å². The van der Waals surface area contributed by atoms with Crippen LogP contribution in [-0.4, -0.2) is 21.2 Å². The Hall–Kier alpha value is -3.22. The van der Waals surface area contributed by atoms with Gasteiger partial charge in [-0.2, -0.15) is 5.10 Å². The maximum absolute atomic E-state index is 13.1. The smallest absolute Gasteiger partial charge is 0.320 e. The monoisotopic (exact) mass is 311 g/mol. The number of carbonyl (C=O) groups is 1. The van der Waals surface area contributed by atoms with Gasteiger partial charge in [0.25, 0.3) is 0 Å². The molecule has 2 heterocycles. The first-order chi connectivity index (χ1) is 11.2. The third-order valence-electron chi connectivity index (χ3n) is 3.15. The fraction of sp³-hybridized carbons (Fsp3) is 0.0625. The van der Waals surface area contributed by atoms with Gasteiger partial charge in [-0.05, 0) is 29.8 Å². The molecule has 0 spiro atoms. The molecular formula is C16H14FN5O. The Labute approximate surface area is 131 Å². The summed E-state index contributed by atoms with van der Waals surface area (Å²) in [5, 5.41) is 12.1. The molecule has 0 unspecified atom stereocenters. The molecule has 3 aromatic rings. The van der Waals surface area contributed by atoms with Crippen LogP contribution in [-0.2, 0) is 6.54 Å². The molecule has 1 aromatic carbocycles. The second-order valence-electron chi connectivity index (χ2n) is 4.84. The number of aromatic amines is 1. The van der Waals surface area contributed by atoms with Crippen molar-refractivity contribution in [2.24, 2.45) is 0 Å². The Kier molecular flexibility index (Phi) is 4.28. The van der Waals surface area contributed by atoms with Crippen molar-refractivity contribution in [3.05, 3.63) is 66.2 Å². The van der Waals surface area contributed by atoms with E-state index in [1.165, 1.54) is 12.1 Å². The van der Waals surface area contributed by atoms with E-state index in [4.69, 9.17) is 0 Å². The number of amides is 2. The molecule has 3 N–H and O–H groups in total. The van der Waals surface area contributed by atoms with Crippen LogP contribution in [0.1, 0.15) is 5.56 Å². The van der Waals surface area contributed by atoms with Crippen LogP contribution in [0, 0.1) is 5.82 Å². The van der Waals surface area contributed by atoms with Gasteiger partial charge in [0.05, 0.1) is 5.69 Å². The summed E-state index contributed by atoms with van der Waals surface area (Å²) in [5.41, 5.74) is 2.37. The lowest BCUT2D eigenvalue weighted by atomic mass is 10.2. The molecule has 0 bridgehead atoms. The van der Waals surface area contributed by atoms with E-state index >= 15 is 0 Å². The quantitative estimate of drug-likeness (QED) is 0.693. The van der Waals surface area contributed by atoms with Gasteiger partial charge in [0, 0.05) is 30.6 Å². The fourth-order valence-corrected chi connectivity index (χ4v) is 2.05. The molecule has 0 saturated heterocycles. The van der Waals surface area contributed by atoms with Crippen LogP contribution in [0.25, 0.3) is 11.3 Å². The maximum atomic E-state index is 13.1. The number of carbonyl (C=O) groups excluding carboxylic acids is 1. The maximum Gasteiger partial charge on any atom is 0.320 e. The van der Waals surface area contributed by atoms with Gasteiger partial charge >= 0.3 is 6.03 Å². The molecule has 0 saturated carbocycles. The fourth-order valence-electron chi connectivity index (χ4n) is 2.05. The third-order valence-corrected chi connectivity index (χ3v) is 3.15. The van der Waals surface area contributed by atoms with E-state index < -0.39 is 6.03 Å². The lowest BCUT2D eigenvalue weighted by molar-refractivity contribution is 0.251. The average Bonchev–Trinajstić information content (AvgIpc) is 3.02. The third kappa shape index (κ3) is 3.91. The summed E-state index contributed by atoms with van der Waals surface area (Å²) in [5.74, 6) is 0.0626. The van der Waals surface area contributed by atoms with E-state index in [1.807, 2.05) is 12.1 Å². The van der Waals surface area contributed by atoms with Crippen LogP contribution in [0.4, 0.5) is 15.0 Å². The first-order valence-corrected chi connectivity index (χ1v) is 6.96. The Morgan fingerprint density at radius 1 is 1.17 bits per heavy atom. The number of nitrogens with zero attached hydrogens (tertiary/aromatic N) is 2. The van der Waals surface area contributed by atoms with Crippen LogP contribution in [0.2, 0.25) is 0 Å². The second kappa shape index (κ2) is 6.69. The van der Waals surface area contributed by atoms with Crippen LogP contribution in [0.15, 0.2) is 54.9 Å². The van der Waals surface area contributed by atoms with Crippen molar-refractivity contribution in [3.63, 3.8) is 0 Å². The summed E-state index contributed by atoms with van der Waals surface area (Å²) in [6, 6.07) is 11.0. The topological polar surface area (TPSA) is 82.7 Å². The molecule has 23 heavy (non-hydrogen) atoms. The highest BCUT2D eigenvalue weighted by Crippen LogP contribution is 2.18. The number of urea groups is 1. The summed E-state index contributed by atoms with van der Waals surface area (Å²) in [6.07, 6.45) is 3.35. The summed E-state index contributed by atoms with van der Waals surface area (Å²) >= 11 is 0. The number of rotatable bonds is 4. The van der Waals surface area contributed by atoms with Crippen molar-refractivity contribution in [2.75, 3.05) is 5.32 Å². The van der Waals surface area contributed by atoms with Crippen LogP contribution >= 0.6 is 0 Å². The summed E-state index contributed by atoms with van der Waals surface area (Å²) in [7, 11) is 0. The van der Waals surface area contributed by atoms with Crippen molar-refractivity contribution in [1.82, 2.24) is 20.5 Å². The molecule has 0 atom stereocenters. The minimum atomic E-state index is -0.415. The molecule has 6 nitrogen and oxygen atoms in total. The Balaban J connectivity index is 1.57. The highest BCUT2D eigenvalue weighted by atomic mass is 19.1. The molecule has 2 aromatic heterocycles. The van der Waals surface area contributed by atoms with Gasteiger partial charge in [0.15, 0.2) is 5.82 Å². The lowest BCUT2D eigenvalue weighted by Crippen LogP contribution is -2.28. The lowest BCUT2D eigenvalue weighted by Gasteiger charge is -2.05. The van der Waals surface area contributed by atoms with Crippen molar-refractivity contribution < 1.29 is 9.18 Å². The molecule has 0 aliphatic carbocycles. The molecule has 0 fully saturated rings. The molecule has 3 rings (SSSR count). The molecule has 0 aliphatic rings. The van der Waals surface area contributed by atoms with Crippen LogP contribution in [0.3, 0.4) is 0 Å². The predicted octanol–water partition coefficient (Wildman–Crippen LogP) is 2.93. The number of H-pyrrole nitrogens is 1. The average molecular weight is 311 g/mol. The van der Waals surface area contributed by atoms with Gasteiger partial charge < -0.3 is 5.32 Å². The summed E-state index contributed by atoms with van der Waals surface area (Å²) < 4.78 is 13.1. The number of benzene rings is 1. The molecule has 2 amide bonds. The van der Waals surface area contributed by atoms with E-state index in [1.54, 1.807) is 30.6 Å². The zero-order valence-corrected chi connectivity index (χ0v) is 12.1. The van der Waals surface area contributed by atoms with Gasteiger partial charge in [-0.25, -0.2) is 9.18 Å². The zero-order valence-electron chi connectivity index (χ0n) is 12.1. The predicted molar refractivity (Wildman–Crippen MR) is 84.1 cm³/mol. The molecule has 7 heteroatoms. The highest BCUT2D eigenvalue weighted by molar-refractivity contribution is 5.88. The number of halogens is 1. The van der Waals surface area contributed by atoms with E-state index in [9.17, 15) is 9.18 Å². The molecular weight excluding hydrogens is 297 g/mol. The number of aromatic nitrogens is 3. The van der Waals surface area contributed by atoms with Crippen molar-refractivity contribution >= 4 is 11.8 Å². The zero-order chi connectivity index (χ0) is 16.1. The first-order valence-electron chi connectivity index (χ1n) is 6.96. The summed E-state index contributed by atoms with van der Waals surface area (Å²) in [4.78, 5) is 15.8. The van der Waals surface area contributed by atoms with Gasteiger partial charge in [0.1, 0.15) is 5.82 Å². The van der Waals surface area contributed by atoms with E-state index in [0.29, 0.717) is 11.4 Å². The molecule has 0 aliphatic heterocycles. The van der Waals surface area contributed by atoms with E-state index in [2.05, 4.69) is 25.8 Å². The standard InChI is InChI=1S/C16H14FN5O/c17-13-3-1-2-11(8-13)10-19-16(23)20-15-9-14(21-22-15)12-4-6-18-7-5-12/h1-9H,10H2,(H3,19,20,21,22,23). The minimum Gasteiger partial charge on any atom is -0.334 e. The minimum absolute atomic E-state index is 0.227. The van der Waals surface area contributed by atoms with Gasteiger partial charge in [-0.3, -0.25) is 15.4 Å². The normalized spacial score (nSPS) is 10.3. The van der Waals surface area contributed by atoms with Crippen LogP contribution in [0.5, 0.6) is 0 Å². The van der Waals surface area contributed by atoms with Crippen molar-refractivity contribution in [1.29, 1.82) is 0 Å². The first kappa shape index (κ1) is 14.7. The molecule has 0 radical (unpaired) electrons. The van der Waals surface area contributed by atoms with Crippen LogP contribution < -0.4 is 10.6 Å². The number of hydrogen-bond donors (Lipinski definition) is 3. The summed E-state index contributed by atoms with van der Waals surface area (Å²) in [6.45, 7) is 0.227. The van der Waals surface area contributed by atoms with E-state index in [0.717, 1.165) is 11.3 Å². The Morgan fingerprint density at radius 3 is 2.78 bits per heavy atom. The van der Waals surface area contributed by atoms with Crippen molar-refractivity contribution in [3.8, 4) is 11.3 Å². The number of anilines is 1. The van der Waals surface area contributed by atoms with Gasteiger partial charge in [-0.15, -0.1) is 0 Å².